The molecule has 0 radical (unpaired) electrons. The van der Waals surface area contributed by atoms with Gasteiger partial charge in [-0.1, -0.05) is 0 Å². The molecule has 0 atom stereocenters. The first-order chi connectivity index (χ1) is 14.3. The topological polar surface area (TPSA) is 114 Å². The maximum absolute atomic E-state index is 8.41. The second-order valence-corrected chi connectivity index (χ2v) is 5.31. The Kier molecular flexibility index (Phi) is 34.3. The Balaban J connectivity index is 0. The van der Waals surface area contributed by atoms with E-state index in [0.29, 0.717) is 92.5 Å². The van der Waals surface area contributed by atoms with Crippen molar-refractivity contribution in [2.24, 2.45) is 0 Å². The first-order valence-electron chi connectivity index (χ1n) is 10.1. The van der Waals surface area contributed by atoms with Crippen molar-refractivity contribution in [1.29, 1.82) is 0 Å². The summed E-state index contributed by atoms with van der Waals surface area (Å²) in [6.45, 7) is 10.4. The van der Waals surface area contributed by atoms with Crippen LogP contribution in [0.5, 0.6) is 0 Å². The molecule has 0 aliphatic heterocycles. The minimum absolute atomic E-state index is 0.0557. The molecule has 10 heteroatoms. The zero-order chi connectivity index (χ0) is 21.7. The van der Waals surface area contributed by atoms with Gasteiger partial charge < -0.3 is 48.1 Å². The van der Waals surface area contributed by atoms with Crippen molar-refractivity contribution in [2.75, 3.05) is 119 Å². The maximum Gasteiger partial charge on any atom is 0.0701 e. The van der Waals surface area contributed by atoms with Gasteiger partial charge in [0.05, 0.1) is 106 Å². The number of aliphatic hydroxyl groups is 2. The predicted molar refractivity (Wildman–Crippen MR) is 107 cm³/mol. The SMILES string of the molecule is CCOCCOCCOCCOCCO.COCCOCCOCCOCCO. The Hall–Kier alpha value is -0.400. The van der Waals surface area contributed by atoms with Gasteiger partial charge in [0.1, 0.15) is 0 Å². The molecule has 0 aromatic heterocycles. The first kappa shape index (κ1) is 30.8. The van der Waals surface area contributed by atoms with Gasteiger partial charge in [-0.05, 0) is 6.92 Å². The molecule has 0 aliphatic rings. The van der Waals surface area contributed by atoms with Gasteiger partial charge in [0.25, 0.3) is 0 Å². The van der Waals surface area contributed by atoms with Crippen LogP contribution in [0.4, 0.5) is 0 Å². The molecule has 0 fully saturated rings. The lowest BCUT2D eigenvalue weighted by atomic mass is 10.7. The summed E-state index contributed by atoms with van der Waals surface area (Å²) in [5.41, 5.74) is 0. The summed E-state index contributed by atoms with van der Waals surface area (Å²) in [6.07, 6.45) is 0. The lowest BCUT2D eigenvalue weighted by molar-refractivity contribution is -0.00438. The van der Waals surface area contributed by atoms with E-state index in [9.17, 15) is 0 Å². The Morgan fingerprint density at radius 1 is 0.414 bits per heavy atom. The number of aliphatic hydroxyl groups excluding tert-OH is 2. The Morgan fingerprint density at radius 3 is 0.966 bits per heavy atom. The molecule has 0 bridgehead atoms. The third-order valence-electron chi connectivity index (χ3n) is 2.97. The second kappa shape index (κ2) is 32.3. The number of hydrogen-bond acceptors (Lipinski definition) is 10. The summed E-state index contributed by atoms with van der Waals surface area (Å²) in [5.74, 6) is 0. The molecular formula is C19H42O10. The second-order valence-electron chi connectivity index (χ2n) is 5.31. The van der Waals surface area contributed by atoms with E-state index in [0.717, 1.165) is 6.61 Å². The normalized spacial score (nSPS) is 10.8. The van der Waals surface area contributed by atoms with E-state index >= 15 is 0 Å². The molecule has 0 amide bonds. The van der Waals surface area contributed by atoms with Crippen molar-refractivity contribution >= 4 is 0 Å². The van der Waals surface area contributed by atoms with Crippen LogP contribution in [-0.2, 0) is 37.9 Å². The van der Waals surface area contributed by atoms with Crippen LogP contribution in [0.2, 0.25) is 0 Å². The number of hydrogen-bond donors (Lipinski definition) is 2. The molecule has 0 heterocycles. The summed E-state index contributed by atoms with van der Waals surface area (Å²) in [5, 5.41) is 16.8. The fourth-order valence-corrected chi connectivity index (χ4v) is 1.62. The van der Waals surface area contributed by atoms with Gasteiger partial charge in [-0.25, -0.2) is 0 Å². The van der Waals surface area contributed by atoms with Crippen molar-refractivity contribution in [3.05, 3.63) is 0 Å². The van der Waals surface area contributed by atoms with E-state index in [-0.39, 0.29) is 13.2 Å². The van der Waals surface area contributed by atoms with Crippen LogP contribution in [0.1, 0.15) is 6.92 Å². The molecule has 0 rings (SSSR count). The third kappa shape index (κ3) is 35.4. The molecule has 10 nitrogen and oxygen atoms in total. The first-order valence-corrected chi connectivity index (χ1v) is 10.1. The van der Waals surface area contributed by atoms with Crippen molar-refractivity contribution in [3.8, 4) is 0 Å². The smallest absolute Gasteiger partial charge is 0.0701 e. The van der Waals surface area contributed by atoms with Crippen molar-refractivity contribution in [1.82, 2.24) is 0 Å². The monoisotopic (exact) mass is 430 g/mol. The van der Waals surface area contributed by atoms with Crippen molar-refractivity contribution in [3.63, 3.8) is 0 Å². The molecular weight excluding hydrogens is 388 g/mol. The highest BCUT2D eigenvalue weighted by Crippen LogP contribution is 1.82. The predicted octanol–water partition coefficient (Wildman–Crippen LogP) is -0.260. The third-order valence-corrected chi connectivity index (χ3v) is 2.97. The molecule has 29 heavy (non-hydrogen) atoms. The van der Waals surface area contributed by atoms with Crippen LogP contribution in [0.3, 0.4) is 0 Å². The summed E-state index contributed by atoms with van der Waals surface area (Å²) >= 11 is 0. The van der Waals surface area contributed by atoms with Crippen molar-refractivity contribution in [2.45, 2.75) is 6.92 Å². The lowest BCUT2D eigenvalue weighted by Crippen LogP contribution is -2.12. The Morgan fingerprint density at radius 2 is 0.690 bits per heavy atom. The average Bonchev–Trinajstić information content (AvgIpc) is 2.74. The van der Waals surface area contributed by atoms with Crippen LogP contribution in [-0.4, -0.2) is 130 Å². The van der Waals surface area contributed by atoms with Gasteiger partial charge in [-0.3, -0.25) is 0 Å². The average molecular weight is 431 g/mol. The quantitative estimate of drug-likeness (QED) is 0.210. The lowest BCUT2D eigenvalue weighted by Gasteiger charge is -2.06. The molecule has 178 valence electrons. The zero-order valence-electron chi connectivity index (χ0n) is 18.2. The fourth-order valence-electron chi connectivity index (χ4n) is 1.62. The highest BCUT2D eigenvalue weighted by atomic mass is 16.6. The molecule has 0 saturated carbocycles. The molecule has 0 aliphatic carbocycles. The number of rotatable bonds is 23. The summed E-state index contributed by atoms with van der Waals surface area (Å²) < 4.78 is 40.7. The summed E-state index contributed by atoms with van der Waals surface area (Å²) in [7, 11) is 1.64. The van der Waals surface area contributed by atoms with E-state index in [1.165, 1.54) is 0 Å². The van der Waals surface area contributed by atoms with Crippen LogP contribution in [0.25, 0.3) is 0 Å². The van der Waals surface area contributed by atoms with Gasteiger partial charge in [0, 0.05) is 13.7 Å². The molecule has 2 N–H and O–H groups in total. The molecule has 0 unspecified atom stereocenters. The fraction of sp³-hybridized carbons (Fsp3) is 1.00. The highest BCUT2D eigenvalue weighted by Gasteiger charge is 1.92. The number of ether oxygens (including phenoxy) is 8. The minimum Gasteiger partial charge on any atom is -0.394 e. The van der Waals surface area contributed by atoms with E-state index in [4.69, 9.17) is 48.1 Å². The standard InChI is InChI=1S/C10H22O5.C9H20O5/c1-2-12-5-6-14-9-10-15-8-7-13-4-3-11;1-11-4-5-13-8-9-14-7-6-12-3-2-10/h11H,2-10H2,1H3;10H,2-9H2,1H3. The van der Waals surface area contributed by atoms with E-state index in [1.54, 1.807) is 7.11 Å². The van der Waals surface area contributed by atoms with Crippen LogP contribution < -0.4 is 0 Å². The molecule has 0 spiro atoms. The van der Waals surface area contributed by atoms with E-state index in [1.807, 2.05) is 6.92 Å². The van der Waals surface area contributed by atoms with Gasteiger partial charge in [0.15, 0.2) is 0 Å². The van der Waals surface area contributed by atoms with Gasteiger partial charge >= 0.3 is 0 Å². The Bertz CT molecular complexity index is 235. The van der Waals surface area contributed by atoms with E-state index < -0.39 is 0 Å². The molecule has 0 aromatic carbocycles. The maximum atomic E-state index is 8.41. The largest absolute Gasteiger partial charge is 0.394 e. The van der Waals surface area contributed by atoms with Gasteiger partial charge in [0.2, 0.25) is 0 Å². The van der Waals surface area contributed by atoms with Crippen LogP contribution in [0, 0.1) is 0 Å². The van der Waals surface area contributed by atoms with E-state index in [2.05, 4.69) is 0 Å². The number of methoxy groups -OCH3 is 1. The van der Waals surface area contributed by atoms with Crippen LogP contribution in [0.15, 0.2) is 0 Å². The summed E-state index contributed by atoms with van der Waals surface area (Å²) in [6, 6.07) is 0. The van der Waals surface area contributed by atoms with Gasteiger partial charge in [-0.15, -0.1) is 0 Å². The molecule has 0 saturated heterocycles. The molecule has 0 aromatic rings. The van der Waals surface area contributed by atoms with Crippen molar-refractivity contribution < 1.29 is 48.1 Å². The summed E-state index contributed by atoms with van der Waals surface area (Å²) in [4.78, 5) is 0. The van der Waals surface area contributed by atoms with Gasteiger partial charge in [-0.2, -0.15) is 0 Å². The highest BCUT2D eigenvalue weighted by molar-refractivity contribution is 4.35. The van der Waals surface area contributed by atoms with Crippen LogP contribution >= 0.6 is 0 Å². The minimum atomic E-state index is 0.0557. The zero-order valence-corrected chi connectivity index (χ0v) is 18.2. The Labute approximate surface area is 175 Å².